The van der Waals surface area contributed by atoms with Gasteiger partial charge in [0.2, 0.25) is 10.0 Å². The molecule has 1 amide bonds. The van der Waals surface area contributed by atoms with Crippen LogP contribution in [0.1, 0.15) is 31.1 Å². The fourth-order valence-corrected chi connectivity index (χ4v) is 4.53. The predicted molar refractivity (Wildman–Crippen MR) is 104 cm³/mol. The summed E-state index contributed by atoms with van der Waals surface area (Å²) in [4.78, 5) is 26.4. The van der Waals surface area contributed by atoms with Crippen molar-refractivity contribution in [1.29, 1.82) is 0 Å². The number of esters is 1. The summed E-state index contributed by atoms with van der Waals surface area (Å²) in [5, 5.41) is 0.0505. The average Bonchev–Trinajstić information content (AvgIpc) is 2.68. The molecule has 156 valence electrons. The fourth-order valence-electron chi connectivity index (χ4n) is 2.85. The van der Waals surface area contributed by atoms with E-state index in [1.165, 1.54) is 29.4 Å². The lowest BCUT2D eigenvalue weighted by Crippen LogP contribution is -2.46. The van der Waals surface area contributed by atoms with Gasteiger partial charge in [0.1, 0.15) is 0 Å². The van der Waals surface area contributed by atoms with Crippen LogP contribution in [0.5, 0.6) is 0 Å². The number of benzene rings is 1. The first-order chi connectivity index (χ1) is 13.2. The normalized spacial score (nSPS) is 16.1. The minimum atomic E-state index is -3.76. The average molecular weight is 433 g/mol. The molecule has 0 bridgehead atoms. The molecule has 8 nitrogen and oxygen atoms in total. The minimum Gasteiger partial charge on any atom is -0.449 e. The summed E-state index contributed by atoms with van der Waals surface area (Å²) in [5.74, 6) is -1.18. The number of amides is 1. The van der Waals surface area contributed by atoms with Crippen LogP contribution in [0, 0.1) is 0 Å². The van der Waals surface area contributed by atoms with E-state index in [4.69, 9.17) is 21.1 Å². The van der Waals surface area contributed by atoms with Gasteiger partial charge in [0.25, 0.3) is 5.91 Å². The van der Waals surface area contributed by atoms with Crippen molar-refractivity contribution in [2.75, 3.05) is 39.4 Å². The summed E-state index contributed by atoms with van der Waals surface area (Å²) in [6.07, 6.45) is -1.02. The van der Waals surface area contributed by atoms with E-state index in [1.54, 1.807) is 18.7 Å². The summed E-state index contributed by atoms with van der Waals surface area (Å²) in [5.41, 5.74) is -0.100. The molecule has 0 radical (unpaired) electrons. The first-order valence-corrected chi connectivity index (χ1v) is 10.9. The van der Waals surface area contributed by atoms with Crippen molar-refractivity contribution >= 4 is 33.5 Å². The van der Waals surface area contributed by atoms with Crippen molar-refractivity contribution in [1.82, 2.24) is 9.21 Å². The van der Waals surface area contributed by atoms with Gasteiger partial charge in [-0.1, -0.05) is 25.4 Å². The molecule has 1 aromatic rings. The van der Waals surface area contributed by atoms with Crippen LogP contribution < -0.4 is 0 Å². The zero-order valence-corrected chi connectivity index (χ0v) is 17.8. The standard InChI is InChI=1S/C18H25ClN2O6S/c1-4-21(5-2)28(24,25)14-6-7-16(19)15(12-14)18(23)27-13(3)17(22)20-8-10-26-11-9-20/h6-7,12-13H,4-5,8-11H2,1-3H3. The lowest BCUT2D eigenvalue weighted by Gasteiger charge is -2.29. The highest BCUT2D eigenvalue weighted by Crippen LogP contribution is 2.24. The molecular weight excluding hydrogens is 408 g/mol. The Hall–Kier alpha value is -1.68. The molecule has 0 aliphatic carbocycles. The monoisotopic (exact) mass is 432 g/mol. The van der Waals surface area contributed by atoms with Gasteiger partial charge < -0.3 is 14.4 Å². The molecule has 0 spiro atoms. The molecule has 1 aliphatic heterocycles. The molecule has 28 heavy (non-hydrogen) atoms. The van der Waals surface area contributed by atoms with Gasteiger partial charge in [-0.3, -0.25) is 4.79 Å². The third kappa shape index (κ3) is 5.02. The van der Waals surface area contributed by atoms with Crippen molar-refractivity contribution in [3.05, 3.63) is 28.8 Å². The Morgan fingerprint density at radius 1 is 1.25 bits per heavy atom. The van der Waals surface area contributed by atoms with Crippen LogP contribution in [0.15, 0.2) is 23.1 Å². The van der Waals surface area contributed by atoms with E-state index in [9.17, 15) is 18.0 Å². The molecule has 1 atom stereocenters. The molecule has 1 aromatic carbocycles. The van der Waals surface area contributed by atoms with Gasteiger partial charge in [-0.25, -0.2) is 13.2 Å². The van der Waals surface area contributed by atoms with Crippen LogP contribution >= 0.6 is 11.6 Å². The van der Waals surface area contributed by atoms with Crippen molar-refractivity contribution in [2.45, 2.75) is 31.8 Å². The van der Waals surface area contributed by atoms with Crippen LogP contribution in [-0.4, -0.2) is 75.0 Å². The molecule has 0 N–H and O–H groups in total. The largest absolute Gasteiger partial charge is 0.449 e. The lowest BCUT2D eigenvalue weighted by atomic mass is 10.2. The van der Waals surface area contributed by atoms with Crippen LogP contribution in [0.4, 0.5) is 0 Å². The SMILES string of the molecule is CCN(CC)S(=O)(=O)c1ccc(Cl)c(C(=O)OC(C)C(=O)N2CCOCC2)c1. The van der Waals surface area contributed by atoms with E-state index in [0.717, 1.165) is 0 Å². The van der Waals surface area contributed by atoms with E-state index in [2.05, 4.69) is 0 Å². The summed E-state index contributed by atoms with van der Waals surface area (Å²) in [6.45, 7) is 7.25. The first-order valence-electron chi connectivity index (χ1n) is 9.09. The van der Waals surface area contributed by atoms with Crippen molar-refractivity contribution in [3.8, 4) is 0 Å². The first kappa shape index (κ1) is 22.6. The number of carbonyl (C=O) groups excluding carboxylic acids is 2. The number of hydrogen-bond donors (Lipinski definition) is 0. The Morgan fingerprint density at radius 3 is 2.43 bits per heavy atom. The quantitative estimate of drug-likeness (QED) is 0.609. The van der Waals surface area contributed by atoms with E-state index < -0.39 is 22.1 Å². The van der Waals surface area contributed by atoms with Crippen molar-refractivity contribution in [2.24, 2.45) is 0 Å². The molecule has 10 heteroatoms. The molecule has 0 aromatic heterocycles. The van der Waals surface area contributed by atoms with Gasteiger partial charge in [0.15, 0.2) is 6.10 Å². The number of morpholine rings is 1. The third-order valence-electron chi connectivity index (χ3n) is 4.46. The number of sulfonamides is 1. The molecule has 1 aliphatic rings. The maximum Gasteiger partial charge on any atom is 0.340 e. The Morgan fingerprint density at radius 2 is 1.86 bits per heavy atom. The van der Waals surface area contributed by atoms with Crippen LogP contribution in [-0.2, 0) is 24.3 Å². The zero-order chi connectivity index (χ0) is 20.9. The van der Waals surface area contributed by atoms with E-state index in [-0.39, 0.29) is 21.4 Å². The molecule has 1 heterocycles. The molecule has 1 saturated heterocycles. The van der Waals surface area contributed by atoms with Crippen LogP contribution in [0.25, 0.3) is 0 Å². The highest BCUT2D eigenvalue weighted by atomic mass is 35.5. The number of halogens is 1. The van der Waals surface area contributed by atoms with E-state index in [0.29, 0.717) is 39.4 Å². The van der Waals surface area contributed by atoms with Gasteiger partial charge in [-0.15, -0.1) is 0 Å². The number of carbonyl (C=O) groups is 2. The summed E-state index contributed by atoms with van der Waals surface area (Å²) in [6, 6.07) is 3.86. The smallest absolute Gasteiger partial charge is 0.340 e. The zero-order valence-electron chi connectivity index (χ0n) is 16.2. The maximum atomic E-state index is 12.7. The van der Waals surface area contributed by atoms with Gasteiger partial charge in [0.05, 0.1) is 28.7 Å². The maximum absolute atomic E-state index is 12.7. The Kier molecular flexibility index (Phi) is 7.82. The predicted octanol–water partition coefficient (Wildman–Crippen LogP) is 1.77. The number of nitrogens with zero attached hydrogens (tertiary/aromatic N) is 2. The number of ether oxygens (including phenoxy) is 2. The fraction of sp³-hybridized carbons (Fsp3) is 0.556. The van der Waals surface area contributed by atoms with Gasteiger partial charge in [-0.05, 0) is 25.1 Å². The van der Waals surface area contributed by atoms with Gasteiger partial charge in [0, 0.05) is 26.2 Å². The van der Waals surface area contributed by atoms with E-state index >= 15 is 0 Å². The third-order valence-corrected chi connectivity index (χ3v) is 6.83. The molecular formula is C18H25ClN2O6S. The highest BCUT2D eigenvalue weighted by molar-refractivity contribution is 7.89. The van der Waals surface area contributed by atoms with E-state index in [1.807, 2.05) is 0 Å². The van der Waals surface area contributed by atoms with Crippen molar-refractivity contribution in [3.63, 3.8) is 0 Å². The number of hydrogen-bond acceptors (Lipinski definition) is 6. The summed E-state index contributed by atoms with van der Waals surface area (Å²) < 4.78 is 37.1. The Labute approximate surface area is 170 Å². The van der Waals surface area contributed by atoms with Crippen LogP contribution in [0.2, 0.25) is 5.02 Å². The number of rotatable bonds is 7. The molecule has 0 saturated carbocycles. The van der Waals surface area contributed by atoms with Gasteiger partial charge in [-0.2, -0.15) is 4.31 Å². The van der Waals surface area contributed by atoms with Crippen molar-refractivity contribution < 1.29 is 27.5 Å². The van der Waals surface area contributed by atoms with Gasteiger partial charge >= 0.3 is 5.97 Å². The Bertz CT molecular complexity index is 819. The molecule has 1 fully saturated rings. The molecule has 1 unspecified atom stereocenters. The molecule has 2 rings (SSSR count). The Balaban J connectivity index is 2.20. The second kappa shape index (κ2) is 9.69. The second-order valence-electron chi connectivity index (χ2n) is 6.22. The minimum absolute atomic E-state index is 0.0505. The highest BCUT2D eigenvalue weighted by Gasteiger charge is 2.28. The second-order valence-corrected chi connectivity index (χ2v) is 8.56. The summed E-state index contributed by atoms with van der Waals surface area (Å²) >= 11 is 6.08. The lowest BCUT2D eigenvalue weighted by molar-refractivity contribution is -0.143. The van der Waals surface area contributed by atoms with Crippen LogP contribution in [0.3, 0.4) is 0 Å². The summed E-state index contributed by atoms with van der Waals surface area (Å²) in [7, 11) is -3.76. The topological polar surface area (TPSA) is 93.2 Å².